The smallest absolute Gasteiger partial charge is 0.0772 e. The lowest BCUT2D eigenvalue weighted by Crippen LogP contribution is -2.03. The molecule has 0 unspecified atom stereocenters. The molecule has 0 rings (SSSR count). The van der Waals surface area contributed by atoms with Crippen LogP contribution in [-0.4, -0.2) is 7.28 Å². The van der Waals surface area contributed by atoms with Crippen LogP contribution in [0.4, 0.5) is 0 Å². The molecule has 0 saturated carbocycles. The van der Waals surface area contributed by atoms with Gasteiger partial charge in [0.2, 0.25) is 0 Å². The maximum absolute atomic E-state index is 2.33. The topological polar surface area (TPSA) is 0 Å². The normalized spacial score (nSPS) is 11.0. The van der Waals surface area contributed by atoms with Gasteiger partial charge in [-0.3, -0.25) is 0 Å². The van der Waals surface area contributed by atoms with Gasteiger partial charge in [-0.1, -0.05) is 97.1 Å². The summed E-state index contributed by atoms with van der Waals surface area (Å²) in [5, 5.41) is 0. The van der Waals surface area contributed by atoms with E-state index in [1.165, 1.54) is 77.8 Å². The minimum absolute atomic E-state index is 1.03. The Balaban J connectivity index is 3.25. The molecular weight excluding hydrogens is 191 g/mol. The first-order chi connectivity index (χ1) is 7.85. The van der Waals surface area contributed by atoms with Crippen LogP contribution in [0, 0.1) is 0 Å². The molecule has 0 saturated heterocycles. The second kappa shape index (κ2) is 13.1. The Kier molecular flexibility index (Phi) is 13.2. The van der Waals surface area contributed by atoms with Gasteiger partial charge in [0.15, 0.2) is 0 Å². The van der Waals surface area contributed by atoms with E-state index in [-0.39, 0.29) is 0 Å². The summed E-state index contributed by atoms with van der Waals surface area (Å²) in [7, 11) is 1.50. The molecule has 0 bridgehead atoms. The molecule has 0 aromatic carbocycles. The van der Waals surface area contributed by atoms with Gasteiger partial charge >= 0.3 is 0 Å². The van der Waals surface area contributed by atoms with Gasteiger partial charge in [-0.15, -0.1) is 0 Å². The number of rotatable bonds is 12. The predicted molar refractivity (Wildman–Crippen MR) is 78.9 cm³/mol. The largest absolute Gasteiger partial charge is 0.124 e. The van der Waals surface area contributed by atoms with Gasteiger partial charge < -0.3 is 0 Å². The summed E-state index contributed by atoms with van der Waals surface area (Å²) in [6.07, 6.45) is 15.9. The highest BCUT2D eigenvalue weighted by atomic mass is 14.0. The first-order valence-corrected chi connectivity index (χ1v) is 7.85. The molecule has 0 radical (unpaired) electrons. The molecule has 0 nitrogen and oxygen atoms in total. The quantitative estimate of drug-likeness (QED) is 0.299. The van der Waals surface area contributed by atoms with Crippen molar-refractivity contribution in [2.24, 2.45) is 0 Å². The molecule has 0 fully saturated rings. The van der Waals surface area contributed by atoms with Crippen LogP contribution in [0.3, 0.4) is 0 Å². The van der Waals surface area contributed by atoms with E-state index in [1.54, 1.807) is 0 Å². The summed E-state index contributed by atoms with van der Waals surface area (Å²) < 4.78 is 0. The average Bonchev–Trinajstić information content (AvgIpc) is 2.28. The Labute approximate surface area is 105 Å². The van der Waals surface area contributed by atoms with Crippen LogP contribution in [0.25, 0.3) is 0 Å². The zero-order valence-corrected chi connectivity index (χ0v) is 12.1. The van der Waals surface area contributed by atoms with Crippen molar-refractivity contribution in [2.75, 3.05) is 0 Å². The molecule has 0 N–H and O–H groups in total. The Hall–Kier alpha value is 0.0649. The molecule has 0 heterocycles. The molecule has 16 heavy (non-hydrogen) atoms. The van der Waals surface area contributed by atoms with Crippen LogP contribution < -0.4 is 0 Å². The Morgan fingerprint density at radius 3 is 1.81 bits per heavy atom. The molecular formula is C15H33B. The summed E-state index contributed by atoms with van der Waals surface area (Å²) in [6.45, 7) is 6.95. The van der Waals surface area contributed by atoms with Gasteiger partial charge in [-0.25, -0.2) is 0 Å². The standard InChI is InChI=1S/C15H33B/c1-4-7-8-9-10-11-14-16-15(12-5-2)13-6-3/h15-16H,4-14H2,1-3H3. The van der Waals surface area contributed by atoms with E-state index in [9.17, 15) is 0 Å². The van der Waals surface area contributed by atoms with Gasteiger partial charge in [-0.2, -0.15) is 0 Å². The maximum atomic E-state index is 2.33. The van der Waals surface area contributed by atoms with E-state index in [0.717, 1.165) is 5.82 Å². The fourth-order valence-electron chi connectivity index (χ4n) is 2.64. The van der Waals surface area contributed by atoms with Crippen LogP contribution in [0.2, 0.25) is 12.1 Å². The number of hydrogen-bond donors (Lipinski definition) is 0. The van der Waals surface area contributed by atoms with E-state index in [4.69, 9.17) is 0 Å². The molecule has 0 aliphatic rings. The average molecular weight is 224 g/mol. The highest BCUT2D eigenvalue weighted by Crippen LogP contribution is 2.21. The van der Waals surface area contributed by atoms with Crippen LogP contribution >= 0.6 is 0 Å². The van der Waals surface area contributed by atoms with Gasteiger partial charge in [0.05, 0.1) is 0 Å². The van der Waals surface area contributed by atoms with E-state index >= 15 is 0 Å². The lowest BCUT2D eigenvalue weighted by atomic mass is 9.58. The number of hydrogen-bond acceptors (Lipinski definition) is 0. The number of unbranched alkanes of at least 4 members (excludes halogenated alkanes) is 5. The highest BCUT2D eigenvalue weighted by Gasteiger charge is 2.07. The van der Waals surface area contributed by atoms with Crippen molar-refractivity contribution in [3.05, 3.63) is 0 Å². The predicted octanol–water partition coefficient (Wildman–Crippen LogP) is 5.59. The molecule has 1 heteroatoms. The van der Waals surface area contributed by atoms with E-state index in [2.05, 4.69) is 20.8 Å². The maximum Gasteiger partial charge on any atom is 0.124 e. The summed E-state index contributed by atoms with van der Waals surface area (Å²) >= 11 is 0. The lowest BCUT2D eigenvalue weighted by molar-refractivity contribution is 0.616. The van der Waals surface area contributed by atoms with Crippen molar-refractivity contribution in [3.8, 4) is 0 Å². The third-order valence-corrected chi connectivity index (χ3v) is 3.61. The van der Waals surface area contributed by atoms with Crippen molar-refractivity contribution in [1.82, 2.24) is 0 Å². The molecule has 0 spiro atoms. The van der Waals surface area contributed by atoms with Crippen molar-refractivity contribution in [1.29, 1.82) is 0 Å². The highest BCUT2D eigenvalue weighted by molar-refractivity contribution is 6.37. The zero-order chi connectivity index (χ0) is 12.1. The first kappa shape index (κ1) is 16.1. The summed E-state index contributed by atoms with van der Waals surface area (Å²) in [4.78, 5) is 0. The zero-order valence-electron chi connectivity index (χ0n) is 12.1. The van der Waals surface area contributed by atoms with E-state index in [1.807, 2.05) is 0 Å². The molecule has 0 amide bonds. The van der Waals surface area contributed by atoms with E-state index < -0.39 is 0 Å². The fourth-order valence-corrected chi connectivity index (χ4v) is 2.64. The minimum Gasteiger partial charge on any atom is -0.0772 e. The van der Waals surface area contributed by atoms with Crippen LogP contribution in [-0.2, 0) is 0 Å². The van der Waals surface area contributed by atoms with Crippen molar-refractivity contribution in [3.63, 3.8) is 0 Å². The van der Waals surface area contributed by atoms with E-state index in [0.29, 0.717) is 0 Å². The molecule has 0 aliphatic carbocycles. The van der Waals surface area contributed by atoms with Crippen LogP contribution in [0.5, 0.6) is 0 Å². The first-order valence-electron chi connectivity index (χ1n) is 7.85. The molecule has 96 valence electrons. The van der Waals surface area contributed by atoms with Gasteiger partial charge in [-0.05, 0) is 0 Å². The van der Waals surface area contributed by atoms with Crippen LogP contribution in [0.1, 0.15) is 85.0 Å². The van der Waals surface area contributed by atoms with Crippen LogP contribution in [0.15, 0.2) is 0 Å². The monoisotopic (exact) mass is 224 g/mol. The Bertz CT molecular complexity index is 117. The minimum atomic E-state index is 1.03. The third-order valence-electron chi connectivity index (χ3n) is 3.61. The van der Waals surface area contributed by atoms with Gasteiger partial charge in [0.1, 0.15) is 7.28 Å². The van der Waals surface area contributed by atoms with Gasteiger partial charge in [0, 0.05) is 0 Å². The van der Waals surface area contributed by atoms with Gasteiger partial charge in [0.25, 0.3) is 0 Å². The SMILES string of the molecule is CCCCCCCCBC(CCC)CCC. The van der Waals surface area contributed by atoms with Crippen molar-refractivity contribution >= 4 is 7.28 Å². The fraction of sp³-hybridized carbons (Fsp3) is 1.00. The second-order valence-corrected chi connectivity index (χ2v) is 5.35. The molecule has 0 aromatic heterocycles. The Morgan fingerprint density at radius 2 is 1.25 bits per heavy atom. The summed E-state index contributed by atoms with van der Waals surface area (Å²) in [5.74, 6) is 1.03. The lowest BCUT2D eigenvalue weighted by Gasteiger charge is -2.13. The molecule has 0 aliphatic heterocycles. The second-order valence-electron chi connectivity index (χ2n) is 5.35. The Morgan fingerprint density at radius 1 is 0.688 bits per heavy atom. The van der Waals surface area contributed by atoms with Crippen molar-refractivity contribution in [2.45, 2.75) is 97.1 Å². The van der Waals surface area contributed by atoms with Crippen molar-refractivity contribution < 1.29 is 0 Å². The summed E-state index contributed by atoms with van der Waals surface area (Å²) in [6, 6.07) is 0. The third kappa shape index (κ3) is 10.6. The molecule has 0 atom stereocenters. The summed E-state index contributed by atoms with van der Waals surface area (Å²) in [5.41, 5.74) is 0. The molecule has 0 aromatic rings.